The summed E-state index contributed by atoms with van der Waals surface area (Å²) >= 11 is 0. The molecule has 1 unspecified atom stereocenters. The van der Waals surface area contributed by atoms with Crippen LogP contribution in [-0.2, 0) is 14.8 Å². The molecule has 1 aromatic heterocycles. The van der Waals surface area contributed by atoms with Crippen LogP contribution in [0.25, 0.3) is 0 Å². The number of benzene rings is 2. The number of carbonyl (C=O) groups excluding carboxylic acids is 1. The molecule has 2 aromatic carbocycles. The number of sulfonamides is 1. The zero-order chi connectivity index (χ0) is 23.3. The molecule has 3 aromatic rings. The highest BCUT2D eigenvalue weighted by Crippen LogP contribution is 2.20. The molecule has 0 bridgehead atoms. The maximum atomic E-state index is 12.7. The summed E-state index contributed by atoms with van der Waals surface area (Å²) in [5.74, 6) is 0.310. The summed E-state index contributed by atoms with van der Waals surface area (Å²) in [4.78, 5) is 20.6. The van der Waals surface area contributed by atoms with Gasteiger partial charge in [0.05, 0.1) is 4.90 Å². The number of nitrogens with one attached hydrogen (secondary N) is 2. The van der Waals surface area contributed by atoms with Crippen molar-refractivity contribution in [1.29, 1.82) is 0 Å². The lowest BCUT2D eigenvalue weighted by molar-refractivity contribution is -0.122. The van der Waals surface area contributed by atoms with Gasteiger partial charge in [0.1, 0.15) is 5.75 Å². The van der Waals surface area contributed by atoms with E-state index >= 15 is 0 Å². The Morgan fingerprint density at radius 2 is 1.75 bits per heavy atom. The summed E-state index contributed by atoms with van der Waals surface area (Å²) < 4.78 is 33.3. The molecule has 1 amide bonds. The van der Waals surface area contributed by atoms with Gasteiger partial charge in [0.25, 0.3) is 15.9 Å². The van der Waals surface area contributed by atoms with Crippen molar-refractivity contribution in [3.8, 4) is 5.75 Å². The smallest absolute Gasteiger partial charge is 0.265 e. The molecule has 0 fully saturated rings. The molecule has 0 aliphatic carbocycles. The van der Waals surface area contributed by atoms with E-state index in [4.69, 9.17) is 4.74 Å². The second kappa shape index (κ2) is 9.78. The van der Waals surface area contributed by atoms with Gasteiger partial charge in [-0.25, -0.2) is 23.1 Å². The Balaban J connectivity index is 1.67. The van der Waals surface area contributed by atoms with Crippen LogP contribution in [0.5, 0.6) is 5.75 Å². The first-order valence-electron chi connectivity index (χ1n) is 10.1. The number of rotatable bonds is 8. The maximum absolute atomic E-state index is 12.7. The minimum atomic E-state index is -3.86. The number of ether oxygens (including phenoxy) is 1. The Kier molecular flexibility index (Phi) is 7.09. The highest BCUT2D eigenvalue weighted by atomic mass is 32.2. The standard InChI is InChI=1S/C23H26N4O4S/c1-5-21(31-19-9-6-15(2)16(3)14-19)22(28)26-18-7-10-20(11-8-18)32(29,30)27-23-24-13-12-17(4)25-23/h6-14,21H,5H2,1-4H3,(H,26,28)(H,24,25,27). The van der Waals surface area contributed by atoms with E-state index in [1.165, 1.54) is 30.5 Å². The Bertz CT molecular complexity index is 1210. The molecule has 2 N–H and O–H groups in total. The Labute approximate surface area is 188 Å². The molecule has 3 rings (SSSR count). The molecule has 0 aliphatic heterocycles. The monoisotopic (exact) mass is 454 g/mol. The molecule has 0 radical (unpaired) electrons. The van der Waals surface area contributed by atoms with Crippen molar-refractivity contribution in [2.75, 3.05) is 10.0 Å². The van der Waals surface area contributed by atoms with Crippen LogP contribution in [0.15, 0.2) is 59.6 Å². The van der Waals surface area contributed by atoms with Crippen LogP contribution in [0.3, 0.4) is 0 Å². The largest absolute Gasteiger partial charge is 0.481 e. The zero-order valence-corrected chi connectivity index (χ0v) is 19.2. The summed E-state index contributed by atoms with van der Waals surface area (Å²) in [5.41, 5.74) is 3.33. The van der Waals surface area contributed by atoms with Crippen molar-refractivity contribution in [3.63, 3.8) is 0 Å². The fraction of sp³-hybridized carbons (Fsp3) is 0.261. The van der Waals surface area contributed by atoms with E-state index in [-0.39, 0.29) is 16.8 Å². The molecule has 1 atom stereocenters. The molecule has 0 aliphatic rings. The number of hydrogen-bond acceptors (Lipinski definition) is 6. The van der Waals surface area contributed by atoms with Crippen LogP contribution in [-0.4, -0.2) is 30.4 Å². The Morgan fingerprint density at radius 3 is 2.38 bits per heavy atom. The van der Waals surface area contributed by atoms with Crippen molar-refractivity contribution in [2.45, 2.75) is 45.1 Å². The van der Waals surface area contributed by atoms with Crippen molar-refractivity contribution in [1.82, 2.24) is 9.97 Å². The fourth-order valence-corrected chi connectivity index (χ4v) is 3.84. The summed E-state index contributed by atoms with van der Waals surface area (Å²) in [6.07, 6.45) is 1.27. The van der Waals surface area contributed by atoms with Crippen LogP contribution in [0.2, 0.25) is 0 Å². The quantitative estimate of drug-likeness (QED) is 0.532. The molecular weight excluding hydrogens is 428 g/mol. The van der Waals surface area contributed by atoms with Crippen molar-refractivity contribution >= 4 is 27.6 Å². The molecule has 0 saturated carbocycles. The van der Waals surface area contributed by atoms with Crippen molar-refractivity contribution in [3.05, 3.63) is 71.5 Å². The van der Waals surface area contributed by atoms with Gasteiger partial charge in [0.2, 0.25) is 5.95 Å². The lowest BCUT2D eigenvalue weighted by Gasteiger charge is -2.18. The fourth-order valence-electron chi connectivity index (χ4n) is 2.89. The van der Waals surface area contributed by atoms with Gasteiger partial charge in [-0.2, -0.15) is 0 Å². The number of hydrogen-bond donors (Lipinski definition) is 2. The first-order valence-corrected chi connectivity index (χ1v) is 11.6. The van der Waals surface area contributed by atoms with Gasteiger partial charge < -0.3 is 10.1 Å². The van der Waals surface area contributed by atoms with E-state index in [9.17, 15) is 13.2 Å². The summed E-state index contributed by atoms with van der Waals surface area (Å²) in [7, 11) is -3.86. The van der Waals surface area contributed by atoms with Crippen molar-refractivity contribution in [2.24, 2.45) is 0 Å². The van der Waals surface area contributed by atoms with Crippen LogP contribution in [0.4, 0.5) is 11.6 Å². The van der Waals surface area contributed by atoms with E-state index in [2.05, 4.69) is 20.0 Å². The minimum absolute atomic E-state index is 0.00309. The predicted octanol–water partition coefficient (Wildman–Crippen LogP) is 4.00. The molecule has 0 saturated heterocycles. The predicted molar refractivity (Wildman–Crippen MR) is 123 cm³/mol. The number of amides is 1. The van der Waals surface area contributed by atoms with Gasteiger partial charge in [-0.15, -0.1) is 0 Å². The first-order chi connectivity index (χ1) is 15.2. The Morgan fingerprint density at radius 1 is 1.03 bits per heavy atom. The number of aromatic nitrogens is 2. The van der Waals surface area contributed by atoms with E-state index in [0.717, 1.165) is 11.1 Å². The van der Waals surface area contributed by atoms with E-state index in [1.807, 2.05) is 39.0 Å². The van der Waals surface area contributed by atoms with Gasteiger partial charge in [-0.05, 0) is 80.8 Å². The second-order valence-corrected chi connectivity index (χ2v) is 9.08. The van der Waals surface area contributed by atoms with Crippen molar-refractivity contribution < 1.29 is 17.9 Å². The van der Waals surface area contributed by atoms with Gasteiger partial charge in [-0.3, -0.25) is 4.79 Å². The lowest BCUT2D eigenvalue weighted by atomic mass is 10.1. The van der Waals surface area contributed by atoms with Gasteiger partial charge in [0.15, 0.2) is 6.10 Å². The third-order valence-corrected chi connectivity index (χ3v) is 6.22. The number of anilines is 2. The minimum Gasteiger partial charge on any atom is -0.481 e. The lowest BCUT2D eigenvalue weighted by Crippen LogP contribution is -2.32. The van der Waals surface area contributed by atoms with E-state index < -0.39 is 16.1 Å². The average molecular weight is 455 g/mol. The average Bonchev–Trinajstić information content (AvgIpc) is 2.74. The molecular formula is C23H26N4O4S. The molecule has 32 heavy (non-hydrogen) atoms. The van der Waals surface area contributed by atoms with E-state index in [1.54, 1.807) is 13.0 Å². The first kappa shape index (κ1) is 23.2. The third-order valence-electron chi connectivity index (χ3n) is 4.87. The molecule has 9 heteroatoms. The Hall–Kier alpha value is -3.46. The normalized spacial score (nSPS) is 12.1. The molecule has 1 heterocycles. The summed E-state index contributed by atoms with van der Waals surface area (Å²) in [6.45, 7) is 7.60. The summed E-state index contributed by atoms with van der Waals surface area (Å²) in [5, 5.41) is 2.77. The highest BCUT2D eigenvalue weighted by molar-refractivity contribution is 7.92. The summed E-state index contributed by atoms with van der Waals surface area (Å²) in [6, 6.07) is 13.2. The van der Waals surface area contributed by atoms with Gasteiger partial charge >= 0.3 is 0 Å². The van der Waals surface area contributed by atoms with Crippen LogP contribution in [0, 0.1) is 20.8 Å². The van der Waals surface area contributed by atoms with Gasteiger partial charge in [-0.1, -0.05) is 13.0 Å². The highest BCUT2D eigenvalue weighted by Gasteiger charge is 2.20. The number of aryl methyl sites for hydroxylation is 3. The maximum Gasteiger partial charge on any atom is 0.265 e. The molecule has 0 spiro atoms. The van der Waals surface area contributed by atoms with Crippen LogP contribution in [0.1, 0.15) is 30.2 Å². The number of nitrogens with zero attached hydrogens (tertiary/aromatic N) is 2. The number of carbonyl (C=O) groups is 1. The topological polar surface area (TPSA) is 110 Å². The zero-order valence-electron chi connectivity index (χ0n) is 18.4. The van der Waals surface area contributed by atoms with Crippen LogP contribution >= 0.6 is 0 Å². The van der Waals surface area contributed by atoms with Crippen LogP contribution < -0.4 is 14.8 Å². The third kappa shape index (κ3) is 5.82. The SMILES string of the molecule is CCC(Oc1ccc(C)c(C)c1)C(=O)Nc1ccc(S(=O)(=O)Nc2nccc(C)n2)cc1. The second-order valence-electron chi connectivity index (χ2n) is 7.40. The molecule has 8 nitrogen and oxygen atoms in total. The molecule has 168 valence electrons. The van der Waals surface area contributed by atoms with E-state index in [0.29, 0.717) is 23.6 Å². The van der Waals surface area contributed by atoms with Gasteiger partial charge in [0, 0.05) is 17.6 Å².